The smallest absolute Gasteiger partial charge is 0.408 e. The Morgan fingerprint density at radius 2 is 1.84 bits per heavy atom. The van der Waals surface area contributed by atoms with E-state index in [2.05, 4.69) is 5.32 Å². The molecule has 0 aliphatic rings. The predicted octanol–water partition coefficient (Wildman–Crippen LogP) is 2.17. The lowest BCUT2D eigenvalue weighted by Crippen LogP contribution is -2.43. The van der Waals surface area contributed by atoms with E-state index in [9.17, 15) is 9.59 Å². The minimum atomic E-state index is -1.07. The summed E-state index contributed by atoms with van der Waals surface area (Å²) in [5, 5.41) is 11.4. The number of carbonyl (C=O) groups is 2. The maximum absolute atomic E-state index is 11.5. The van der Waals surface area contributed by atoms with Gasteiger partial charge in [-0.3, -0.25) is 0 Å². The van der Waals surface area contributed by atoms with Crippen LogP contribution >= 0.6 is 0 Å². The Kier molecular flexibility index (Phi) is 7.44. The second-order valence-electron chi connectivity index (χ2n) is 5.60. The fourth-order valence-corrected chi connectivity index (χ4v) is 1.31. The van der Waals surface area contributed by atoms with Gasteiger partial charge >= 0.3 is 12.1 Å². The molecule has 0 bridgehead atoms. The molecule has 0 aliphatic carbocycles. The number of carboxylic acids is 1. The molecule has 0 fully saturated rings. The van der Waals surface area contributed by atoms with Crippen LogP contribution in [0.25, 0.3) is 0 Å². The van der Waals surface area contributed by atoms with E-state index in [4.69, 9.17) is 14.6 Å². The van der Waals surface area contributed by atoms with E-state index in [-0.39, 0.29) is 6.10 Å². The van der Waals surface area contributed by atoms with Crippen LogP contribution in [-0.2, 0) is 14.3 Å². The molecule has 0 aromatic heterocycles. The summed E-state index contributed by atoms with van der Waals surface area (Å²) in [5.41, 5.74) is -0.645. The number of alkyl carbamates (subject to hydrolysis) is 1. The summed E-state index contributed by atoms with van der Waals surface area (Å²) in [5.74, 6) is -1.07. The first-order valence-electron chi connectivity index (χ1n) is 6.45. The summed E-state index contributed by atoms with van der Waals surface area (Å²) in [7, 11) is 0. The fourth-order valence-electron chi connectivity index (χ4n) is 1.31. The first-order valence-corrected chi connectivity index (χ1v) is 6.45. The molecular formula is C13H25NO5. The van der Waals surface area contributed by atoms with Crippen molar-refractivity contribution in [3.63, 3.8) is 0 Å². The van der Waals surface area contributed by atoms with Gasteiger partial charge in [0.15, 0.2) is 0 Å². The quantitative estimate of drug-likeness (QED) is 0.695. The standard InChI is InChI=1S/C13H25NO5/c1-9(2)18-8-6-7-10(11(15)16)14-12(17)19-13(3,4)5/h9-10H,6-8H2,1-5H3,(H,14,17)(H,15,16). The van der Waals surface area contributed by atoms with E-state index < -0.39 is 23.7 Å². The van der Waals surface area contributed by atoms with Gasteiger partial charge in [-0.15, -0.1) is 0 Å². The minimum Gasteiger partial charge on any atom is -0.480 e. The van der Waals surface area contributed by atoms with Gasteiger partial charge < -0.3 is 19.9 Å². The summed E-state index contributed by atoms with van der Waals surface area (Å²) < 4.78 is 10.3. The van der Waals surface area contributed by atoms with Crippen molar-refractivity contribution >= 4 is 12.1 Å². The van der Waals surface area contributed by atoms with E-state index in [0.29, 0.717) is 19.4 Å². The van der Waals surface area contributed by atoms with Gasteiger partial charge in [0.2, 0.25) is 0 Å². The van der Waals surface area contributed by atoms with Crippen molar-refractivity contribution in [1.82, 2.24) is 5.32 Å². The van der Waals surface area contributed by atoms with E-state index in [1.54, 1.807) is 20.8 Å². The zero-order chi connectivity index (χ0) is 15.1. The highest BCUT2D eigenvalue weighted by Gasteiger charge is 2.23. The molecule has 19 heavy (non-hydrogen) atoms. The van der Waals surface area contributed by atoms with E-state index in [1.165, 1.54) is 0 Å². The molecule has 0 aromatic carbocycles. The van der Waals surface area contributed by atoms with Gasteiger partial charge in [-0.1, -0.05) is 0 Å². The third-order valence-electron chi connectivity index (χ3n) is 2.08. The Morgan fingerprint density at radius 3 is 2.26 bits per heavy atom. The van der Waals surface area contributed by atoms with Crippen LogP contribution in [0.4, 0.5) is 4.79 Å². The maximum atomic E-state index is 11.5. The van der Waals surface area contributed by atoms with Crippen molar-refractivity contribution in [2.45, 2.75) is 65.2 Å². The SMILES string of the molecule is CC(C)OCCCC(NC(=O)OC(C)(C)C)C(=O)O. The van der Waals surface area contributed by atoms with Crippen molar-refractivity contribution in [3.05, 3.63) is 0 Å². The average Bonchev–Trinajstić information content (AvgIpc) is 2.19. The van der Waals surface area contributed by atoms with Gasteiger partial charge in [-0.25, -0.2) is 9.59 Å². The van der Waals surface area contributed by atoms with Gasteiger partial charge in [-0.2, -0.15) is 0 Å². The molecule has 1 amide bonds. The molecule has 6 heteroatoms. The van der Waals surface area contributed by atoms with Crippen molar-refractivity contribution in [3.8, 4) is 0 Å². The van der Waals surface area contributed by atoms with Crippen LogP contribution < -0.4 is 5.32 Å². The normalized spacial score (nSPS) is 13.2. The number of hydrogen-bond acceptors (Lipinski definition) is 4. The molecule has 0 radical (unpaired) electrons. The lowest BCUT2D eigenvalue weighted by atomic mass is 10.1. The molecule has 6 nitrogen and oxygen atoms in total. The first-order chi connectivity index (χ1) is 8.61. The monoisotopic (exact) mass is 275 g/mol. The van der Waals surface area contributed by atoms with Crippen LogP contribution in [0.1, 0.15) is 47.5 Å². The van der Waals surface area contributed by atoms with Crippen LogP contribution in [0.2, 0.25) is 0 Å². The largest absolute Gasteiger partial charge is 0.480 e. The van der Waals surface area contributed by atoms with E-state index in [0.717, 1.165) is 0 Å². The minimum absolute atomic E-state index is 0.113. The molecule has 0 heterocycles. The number of carbonyl (C=O) groups excluding carboxylic acids is 1. The van der Waals surface area contributed by atoms with Gasteiger partial charge in [-0.05, 0) is 47.5 Å². The fraction of sp³-hybridized carbons (Fsp3) is 0.846. The van der Waals surface area contributed by atoms with Crippen molar-refractivity contribution in [2.75, 3.05) is 6.61 Å². The number of carboxylic acid groups (broad SMARTS) is 1. The number of ether oxygens (including phenoxy) is 2. The van der Waals surface area contributed by atoms with E-state index >= 15 is 0 Å². The highest BCUT2D eigenvalue weighted by atomic mass is 16.6. The van der Waals surface area contributed by atoms with Gasteiger partial charge in [0, 0.05) is 6.61 Å². The predicted molar refractivity (Wildman–Crippen MR) is 71.1 cm³/mol. The molecule has 0 aliphatic heterocycles. The molecule has 112 valence electrons. The number of hydrogen-bond donors (Lipinski definition) is 2. The highest BCUT2D eigenvalue weighted by molar-refractivity contribution is 5.79. The number of amides is 1. The third kappa shape index (κ3) is 10.3. The molecule has 0 saturated heterocycles. The molecular weight excluding hydrogens is 250 g/mol. The third-order valence-corrected chi connectivity index (χ3v) is 2.08. The topological polar surface area (TPSA) is 84.9 Å². The van der Waals surface area contributed by atoms with Crippen LogP contribution in [0.5, 0.6) is 0 Å². The summed E-state index contributed by atoms with van der Waals surface area (Å²) in [6, 6.07) is -0.953. The zero-order valence-corrected chi connectivity index (χ0v) is 12.4. The van der Waals surface area contributed by atoms with Crippen molar-refractivity contribution in [1.29, 1.82) is 0 Å². The molecule has 0 aromatic rings. The average molecular weight is 275 g/mol. The Morgan fingerprint density at radius 1 is 1.26 bits per heavy atom. The summed E-state index contributed by atoms with van der Waals surface area (Å²) in [4.78, 5) is 22.5. The Balaban J connectivity index is 4.12. The molecule has 2 N–H and O–H groups in total. The lowest BCUT2D eigenvalue weighted by molar-refractivity contribution is -0.139. The molecule has 0 rings (SSSR count). The number of rotatable bonds is 7. The number of nitrogens with one attached hydrogen (secondary N) is 1. The summed E-state index contributed by atoms with van der Waals surface area (Å²) in [6.45, 7) is 9.45. The van der Waals surface area contributed by atoms with Crippen LogP contribution in [0.3, 0.4) is 0 Å². The zero-order valence-electron chi connectivity index (χ0n) is 12.4. The molecule has 1 atom stereocenters. The number of aliphatic carboxylic acids is 1. The van der Waals surface area contributed by atoms with Crippen molar-refractivity contribution in [2.24, 2.45) is 0 Å². The first kappa shape index (κ1) is 17.7. The molecule has 0 saturated carbocycles. The van der Waals surface area contributed by atoms with Gasteiger partial charge in [0.25, 0.3) is 0 Å². The van der Waals surface area contributed by atoms with Crippen LogP contribution in [0.15, 0.2) is 0 Å². The second-order valence-corrected chi connectivity index (χ2v) is 5.60. The Bertz CT molecular complexity index is 296. The Hall–Kier alpha value is -1.30. The summed E-state index contributed by atoms with van der Waals surface area (Å²) in [6.07, 6.45) is 0.262. The van der Waals surface area contributed by atoms with Gasteiger partial charge in [0.05, 0.1) is 6.10 Å². The highest BCUT2D eigenvalue weighted by Crippen LogP contribution is 2.08. The lowest BCUT2D eigenvalue weighted by Gasteiger charge is -2.22. The second kappa shape index (κ2) is 7.99. The van der Waals surface area contributed by atoms with E-state index in [1.807, 2.05) is 13.8 Å². The molecule has 0 spiro atoms. The Labute approximate surface area is 114 Å². The van der Waals surface area contributed by atoms with Gasteiger partial charge in [0.1, 0.15) is 11.6 Å². The molecule has 1 unspecified atom stereocenters. The maximum Gasteiger partial charge on any atom is 0.408 e. The van der Waals surface area contributed by atoms with Crippen LogP contribution in [-0.4, -0.2) is 41.5 Å². The van der Waals surface area contributed by atoms with Crippen molar-refractivity contribution < 1.29 is 24.2 Å². The summed E-state index contributed by atoms with van der Waals surface area (Å²) >= 11 is 0. The van der Waals surface area contributed by atoms with Crippen LogP contribution in [0, 0.1) is 0 Å².